The van der Waals surface area contributed by atoms with Crippen molar-refractivity contribution in [3.8, 4) is 0 Å². The number of benzene rings is 1. The highest BCUT2D eigenvalue weighted by atomic mass is 35.5. The largest absolute Gasteiger partial charge is 0.362 e. The molecule has 6 heteroatoms. The van der Waals surface area contributed by atoms with Crippen molar-refractivity contribution in [2.45, 2.75) is 19.6 Å². The van der Waals surface area contributed by atoms with Crippen molar-refractivity contribution in [2.24, 2.45) is 0 Å². The van der Waals surface area contributed by atoms with Crippen molar-refractivity contribution in [3.63, 3.8) is 0 Å². The number of aromatic nitrogens is 3. The molecule has 0 atom stereocenters. The van der Waals surface area contributed by atoms with E-state index in [1.165, 1.54) is 0 Å². The molecule has 19 heavy (non-hydrogen) atoms. The summed E-state index contributed by atoms with van der Waals surface area (Å²) in [5.74, 6) is 1.00. The van der Waals surface area contributed by atoms with Crippen LogP contribution in [0.1, 0.15) is 11.4 Å². The summed E-state index contributed by atoms with van der Waals surface area (Å²) in [4.78, 5) is 2.28. The van der Waals surface area contributed by atoms with Crippen LogP contribution in [0.5, 0.6) is 0 Å². The summed E-state index contributed by atoms with van der Waals surface area (Å²) >= 11 is 6.31. The molecule has 1 N–H and O–H groups in total. The van der Waals surface area contributed by atoms with Crippen molar-refractivity contribution in [1.82, 2.24) is 20.1 Å². The van der Waals surface area contributed by atoms with Gasteiger partial charge >= 0.3 is 0 Å². The number of rotatable bonds is 3. The lowest BCUT2D eigenvalue weighted by atomic mass is 10.2. The topological polar surface area (TPSA) is 46.0 Å². The van der Waals surface area contributed by atoms with Crippen LogP contribution in [0.15, 0.2) is 24.5 Å². The molecule has 0 saturated carbocycles. The Morgan fingerprint density at radius 1 is 1.37 bits per heavy atom. The van der Waals surface area contributed by atoms with Gasteiger partial charge in [0, 0.05) is 30.3 Å². The zero-order chi connectivity index (χ0) is 13.2. The van der Waals surface area contributed by atoms with Crippen LogP contribution in [-0.4, -0.2) is 28.4 Å². The van der Waals surface area contributed by atoms with Gasteiger partial charge in [-0.25, -0.2) is 0 Å². The van der Waals surface area contributed by atoms with E-state index < -0.39 is 0 Å². The molecular formula is C13H16ClN5. The smallest absolute Gasteiger partial charge is 0.152 e. The Kier molecular flexibility index (Phi) is 3.40. The SMILES string of the molecule is CNCc1ccc(N2CCn3cnnc3C2)cc1Cl. The van der Waals surface area contributed by atoms with E-state index in [-0.39, 0.29) is 0 Å². The van der Waals surface area contributed by atoms with Crippen LogP contribution in [0, 0.1) is 0 Å². The molecule has 1 aromatic heterocycles. The van der Waals surface area contributed by atoms with E-state index in [0.29, 0.717) is 0 Å². The maximum atomic E-state index is 6.31. The minimum atomic E-state index is 0.779. The maximum absolute atomic E-state index is 6.31. The molecule has 2 heterocycles. The third kappa shape index (κ3) is 2.43. The van der Waals surface area contributed by atoms with Crippen molar-refractivity contribution in [1.29, 1.82) is 0 Å². The highest BCUT2D eigenvalue weighted by Gasteiger charge is 2.18. The lowest BCUT2D eigenvalue weighted by molar-refractivity contribution is 0.560. The van der Waals surface area contributed by atoms with Gasteiger partial charge in [-0.15, -0.1) is 10.2 Å². The summed E-state index contributed by atoms with van der Waals surface area (Å²) in [6.45, 7) is 3.43. The first-order valence-corrected chi connectivity index (χ1v) is 6.70. The van der Waals surface area contributed by atoms with E-state index in [4.69, 9.17) is 11.6 Å². The molecule has 0 radical (unpaired) electrons. The monoisotopic (exact) mass is 277 g/mol. The highest BCUT2D eigenvalue weighted by Crippen LogP contribution is 2.26. The predicted octanol–water partition coefficient (Wildman–Crippen LogP) is 1.67. The van der Waals surface area contributed by atoms with E-state index >= 15 is 0 Å². The molecule has 5 nitrogen and oxygen atoms in total. The molecule has 1 aromatic carbocycles. The fraction of sp³-hybridized carbons (Fsp3) is 0.385. The third-order valence-electron chi connectivity index (χ3n) is 3.41. The second kappa shape index (κ2) is 5.19. The van der Waals surface area contributed by atoms with Crippen LogP contribution in [0.25, 0.3) is 0 Å². The maximum Gasteiger partial charge on any atom is 0.152 e. The molecule has 0 amide bonds. The van der Waals surface area contributed by atoms with Gasteiger partial charge in [-0.3, -0.25) is 0 Å². The zero-order valence-electron chi connectivity index (χ0n) is 10.8. The second-order valence-corrected chi connectivity index (χ2v) is 5.08. The minimum absolute atomic E-state index is 0.779. The normalized spacial score (nSPS) is 14.5. The number of halogens is 1. The average molecular weight is 278 g/mol. The summed E-state index contributed by atoms with van der Waals surface area (Å²) in [6.07, 6.45) is 1.79. The number of nitrogens with one attached hydrogen (secondary N) is 1. The van der Waals surface area contributed by atoms with Crippen LogP contribution in [0.3, 0.4) is 0 Å². The van der Waals surface area contributed by atoms with Crippen LogP contribution in [0.4, 0.5) is 5.69 Å². The lowest BCUT2D eigenvalue weighted by Gasteiger charge is -2.29. The van der Waals surface area contributed by atoms with E-state index in [9.17, 15) is 0 Å². The molecular weight excluding hydrogens is 262 g/mol. The molecule has 0 aliphatic carbocycles. The molecule has 3 rings (SSSR count). The van der Waals surface area contributed by atoms with Gasteiger partial charge in [-0.05, 0) is 24.7 Å². The van der Waals surface area contributed by atoms with E-state index in [1.807, 2.05) is 13.1 Å². The summed E-state index contributed by atoms with van der Waals surface area (Å²) in [6, 6.07) is 6.22. The highest BCUT2D eigenvalue weighted by molar-refractivity contribution is 6.31. The summed E-state index contributed by atoms with van der Waals surface area (Å²) in [5.41, 5.74) is 2.26. The Morgan fingerprint density at radius 3 is 3.05 bits per heavy atom. The molecule has 0 bridgehead atoms. The van der Waals surface area contributed by atoms with Gasteiger partial charge < -0.3 is 14.8 Å². The Balaban J connectivity index is 1.82. The fourth-order valence-corrected chi connectivity index (χ4v) is 2.60. The van der Waals surface area contributed by atoms with Gasteiger partial charge in [0.05, 0.1) is 6.54 Å². The second-order valence-electron chi connectivity index (χ2n) is 4.67. The average Bonchev–Trinajstić information content (AvgIpc) is 2.88. The summed E-state index contributed by atoms with van der Waals surface area (Å²) in [7, 11) is 1.92. The quantitative estimate of drug-likeness (QED) is 0.927. The van der Waals surface area contributed by atoms with E-state index in [0.717, 1.165) is 48.3 Å². The number of anilines is 1. The number of fused-ring (bicyclic) bond motifs is 1. The van der Waals surface area contributed by atoms with Crippen LogP contribution < -0.4 is 10.2 Å². The molecule has 100 valence electrons. The Bertz CT molecular complexity index is 580. The van der Waals surface area contributed by atoms with Crippen molar-refractivity contribution in [2.75, 3.05) is 18.5 Å². The van der Waals surface area contributed by atoms with Gasteiger partial charge in [0.15, 0.2) is 5.82 Å². The summed E-state index contributed by atoms with van der Waals surface area (Å²) < 4.78 is 2.09. The molecule has 0 fully saturated rings. The molecule has 0 spiro atoms. The van der Waals surface area contributed by atoms with E-state index in [1.54, 1.807) is 6.33 Å². The molecule has 0 saturated heterocycles. The van der Waals surface area contributed by atoms with Crippen molar-refractivity contribution >= 4 is 17.3 Å². The zero-order valence-corrected chi connectivity index (χ0v) is 11.6. The van der Waals surface area contributed by atoms with Gasteiger partial charge in [0.2, 0.25) is 0 Å². The van der Waals surface area contributed by atoms with Crippen LogP contribution in [0.2, 0.25) is 5.02 Å². The molecule has 0 unspecified atom stereocenters. The van der Waals surface area contributed by atoms with Crippen LogP contribution >= 0.6 is 11.6 Å². The molecule has 1 aliphatic rings. The number of hydrogen-bond acceptors (Lipinski definition) is 4. The minimum Gasteiger partial charge on any atom is -0.362 e. The predicted molar refractivity (Wildman–Crippen MR) is 75.3 cm³/mol. The summed E-state index contributed by atoms with van der Waals surface area (Å²) in [5, 5.41) is 12.0. The number of nitrogens with zero attached hydrogens (tertiary/aromatic N) is 4. The molecule has 1 aliphatic heterocycles. The molecule has 2 aromatic rings. The van der Waals surface area contributed by atoms with Gasteiger partial charge in [-0.1, -0.05) is 17.7 Å². The first-order valence-electron chi connectivity index (χ1n) is 6.32. The van der Waals surface area contributed by atoms with Crippen LogP contribution in [-0.2, 0) is 19.6 Å². The van der Waals surface area contributed by atoms with Crippen molar-refractivity contribution < 1.29 is 0 Å². The Morgan fingerprint density at radius 2 is 2.26 bits per heavy atom. The number of hydrogen-bond donors (Lipinski definition) is 1. The van der Waals surface area contributed by atoms with Gasteiger partial charge in [0.1, 0.15) is 6.33 Å². The third-order valence-corrected chi connectivity index (χ3v) is 3.76. The first-order chi connectivity index (χ1) is 9.28. The first kappa shape index (κ1) is 12.4. The lowest BCUT2D eigenvalue weighted by Crippen LogP contribution is -2.33. The van der Waals surface area contributed by atoms with E-state index in [2.05, 4.69) is 37.1 Å². The van der Waals surface area contributed by atoms with Gasteiger partial charge in [-0.2, -0.15) is 0 Å². The fourth-order valence-electron chi connectivity index (χ4n) is 2.35. The Labute approximate surface area is 117 Å². The Hall–Kier alpha value is -1.59. The van der Waals surface area contributed by atoms with Crippen molar-refractivity contribution in [3.05, 3.63) is 40.9 Å². The standard InChI is InChI=1S/C13H16ClN5/c1-15-7-10-2-3-11(6-12(10)14)18-4-5-19-9-16-17-13(19)8-18/h2-3,6,9,15H,4-5,7-8H2,1H3. The van der Waals surface area contributed by atoms with Gasteiger partial charge in [0.25, 0.3) is 0 Å².